The predicted octanol–water partition coefficient (Wildman–Crippen LogP) is -5.11. The maximum Gasteiger partial charge on any atom is -1.00 e. The average Bonchev–Trinajstić information content (AvgIpc) is 2.89. The van der Waals surface area contributed by atoms with Crippen LogP contribution in [0.5, 0.6) is 0 Å². The number of aromatic nitrogens is 1. The number of allylic oxidation sites excluding steroid dienone is 1. The van der Waals surface area contributed by atoms with Crippen LogP contribution in [0.2, 0.25) is 0 Å². The summed E-state index contributed by atoms with van der Waals surface area (Å²) >= 11 is -0.721. The van der Waals surface area contributed by atoms with Gasteiger partial charge in [-0.05, 0) is 0 Å². The summed E-state index contributed by atoms with van der Waals surface area (Å²) in [4.78, 5) is 3.32. The van der Waals surface area contributed by atoms with Crippen molar-refractivity contribution in [2.24, 2.45) is 0 Å². The molecule has 90 valence electrons. The molecular weight excluding hydrogens is 344 g/mol. The molecule has 1 heterocycles. The molecule has 0 spiro atoms. The fraction of sp³-hybridized carbons (Fsp3) is 0. The van der Waals surface area contributed by atoms with Crippen LogP contribution in [0.4, 0.5) is 0 Å². The Hall–Kier alpha value is -0.557. The van der Waals surface area contributed by atoms with Crippen LogP contribution >= 0.6 is 0 Å². The van der Waals surface area contributed by atoms with Crippen LogP contribution in [0.25, 0.3) is 9.36 Å². The summed E-state index contributed by atoms with van der Waals surface area (Å²) in [6, 6.07) is 12.8. The first kappa shape index (κ1) is 15.5. The summed E-state index contributed by atoms with van der Waals surface area (Å²) in [6.45, 7) is 4.17. The van der Waals surface area contributed by atoms with E-state index in [1.807, 2.05) is 6.20 Å². The van der Waals surface area contributed by atoms with Crippen LogP contribution in [-0.2, 0) is 23.2 Å². The number of benzene rings is 1. The van der Waals surface area contributed by atoms with Gasteiger partial charge in [0.1, 0.15) is 0 Å². The summed E-state index contributed by atoms with van der Waals surface area (Å²) in [5.41, 5.74) is 1.21. The van der Waals surface area contributed by atoms with Crippen molar-refractivity contribution in [1.82, 2.24) is 4.98 Å². The topological polar surface area (TPSA) is 15.8 Å². The molecule has 0 saturated heterocycles. The van der Waals surface area contributed by atoms with E-state index >= 15 is 0 Å². The Kier molecular flexibility index (Phi) is 5.65. The molecule has 1 aliphatic carbocycles. The van der Waals surface area contributed by atoms with Crippen molar-refractivity contribution in [3.8, 4) is 0 Å². The molecule has 0 atom stereocenters. The quantitative estimate of drug-likeness (QED) is 0.555. The van der Waals surface area contributed by atoms with E-state index in [-0.39, 0.29) is 24.8 Å². The van der Waals surface area contributed by atoms with E-state index < -0.39 is 23.2 Å². The number of aromatic amines is 1. The van der Waals surface area contributed by atoms with Crippen molar-refractivity contribution in [1.29, 1.82) is 0 Å². The van der Waals surface area contributed by atoms with Crippen molar-refractivity contribution in [3.05, 3.63) is 65.2 Å². The minimum atomic E-state index is -0.721. The third kappa shape index (κ3) is 2.88. The molecule has 18 heavy (non-hydrogen) atoms. The van der Waals surface area contributed by atoms with E-state index in [0.717, 1.165) is 0 Å². The smallest absolute Gasteiger partial charge is 1.00 e. The van der Waals surface area contributed by atoms with Gasteiger partial charge < -0.3 is 24.8 Å². The molecule has 1 aromatic carbocycles. The number of hydrogen-bond donors (Lipinski definition) is 1. The third-order valence-electron chi connectivity index (χ3n) is 2.74. The molecule has 0 unspecified atom stereocenters. The van der Waals surface area contributed by atoms with Crippen LogP contribution in [0.15, 0.2) is 54.7 Å². The van der Waals surface area contributed by atoms with E-state index in [1.54, 1.807) is 0 Å². The number of fused-ring (bicyclic) bond motifs is 1. The fourth-order valence-electron chi connectivity index (χ4n) is 1.97. The molecule has 4 heteroatoms. The molecule has 0 aliphatic heterocycles. The van der Waals surface area contributed by atoms with Crippen molar-refractivity contribution in [2.75, 3.05) is 0 Å². The zero-order valence-corrected chi connectivity index (χ0v) is 13.6. The maximum absolute atomic E-state index is 4.17. The van der Waals surface area contributed by atoms with Gasteiger partial charge in [-0.25, -0.2) is 0 Å². The van der Waals surface area contributed by atoms with Gasteiger partial charge in [0.25, 0.3) is 0 Å². The molecule has 0 fully saturated rings. The van der Waals surface area contributed by atoms with Gasteiger partial charge >= 0.3 is 106 Å². The van der Waals surface area contributed by atoms with E-state index in [1.165, 1.54) is 22.7 Å². The summed E-state index contributed by atoms with van der Waals surface area (Å²) in [6.07, 6.45) is 4.21. The van der Waals surface area contributed by atoms with Crippen LogP contribution in [0, 0.1) is 0 Å². The van der Waals surface area contributed by atoms with Crippen LogP contribution in [0.3, 0.4) is 0 Å². The molecule has 0 amide bonds. The molecule has 1 aliphatic rings. The second kappa shape index (κ2) is 6.56. The van der Waals surface area contributed by atoms with Gasteiger partial charge in [0.15, 0.2) is 0 Å². The van der Waals surface area contributed by atoms with Crippen LogP contribution in [-0.4, -0.2) is 4.98 Å². The van der Waals surface area contributed by atoms with Crippen LogP contribution in [0.1, 0.15) is 0 Å². The first-order valence-corrected chi connectivity index (χ1v) is 7.71. The molecule has 2 aromatic rings. The Balaban J connectivity index is 0.000000810. The Bertz CT molecular complexity index is 659. The zero-order valence-electron chi connectivity index (χ0n) is 9.58. The van der Waals surface area contributed by atoms with Gasteiger partial charge in [0, 0.05) is 0 Å². The molecule has 1 nitrogen and oxygen atoms in total. The van der Waals surface area contributed by atoms with Gasteiger partial charge in [-0.3, -0.25) is 0 Å². The second-order valence-electron chi connectivity index (χ2n) is 3.84. The molecule has 1 N–H and O–H groups in total. The van der Waals surface area contributed by atoms with Gasteiger partial charge in [-0.2, -0.15) is 0 Å². The monoisotopic (exact) mass is 353 g/mol. The summed E-state index contributed by atoms with van der Waals surface area (Å²) < 4.78 is 2.91. The average molecular weight is 355 g/mol. The number of rotatable bonds is 2. The standard InChI is InChI=1S/C10H7.C4H4N.2ClH.Zr/c1-8-6-9-4-2-3-5-10(9)7-8;1-2-4-5-3-1;;;/h2-6H,1H2;1-3,5H;2*1H;/q;;;;+2/p-2. The Morgan fingerprint density at radius 3 is 2.50 bits per heavy atom. The first-order valence-electron chi connectivity index (χ1n) is 5.25. The minimum Gasteiger partial charge on any atom is -1.00 e. The molecule has 0 bridgehead atoms. The maximum atomic E-state index is 4.17. The van der Waals surface area contributed by atoms with Crippen LogP contribution < -0.4 is 38.7 Å². The van der Waals surface area contributed by atoms with Crippen molar-refractivity contribution >= 4 is 12.8 Å². The van der Waals surface area contributed by atoms with E-state index in [4.69, 9.17) is 0 Å². The molecule has 0 radical (unpaired) electrons. The van der Waals surface area contributed by atoms with Gasteiger partial charge in [0.2, 0.25) is 0 Å². The fourth-order valence-corrected chi connectivity index (χ4v) is 4.92. The Labute approximate surface area is 130 Å². The van der Waals surface area contributed by atoms with Crippen molar-refractivity contribution < 1.29 is 48.0 Å². The van der Waals surface area contributed by atoms with E-state index in [9.17, 15) is 0 Å². The Morgan fingerprint density at radius 1 is 1.00 bits per heavy atom. The summed E-state index contributed by atoms with van der Waals surface area (Å²) in [7, 11) is 0. The number of halogens is 2. The van der Waals surface area contributed by atoms with Crippen molar-refractivity contribution in [2.45, 2.75) is 0 Å². The normalized spacial score (nSPS) is 11.8. The molecule has 1 aromatic heterocycles. The SMILES string of the molecule is C=C1C=c2ccccc2=[C]1[Zr+2][c]1ccc[nH]1.[Cl-].[Cl-]. The van der Waals surface area contributed by atoms with Gasteiger partial charge in [-0.15, -0.1) is 0 Å². The van der Waals surface area contributed by atoms with Gasteiger partial charge in [-0.1, -0.05) is 0 Å². The first-order chi connectivity index (χ1) is 7.84. The summed E-state index contributed by atoms with van der Waals surface area (Å²) in [5.74, 6) is 0. The number of H-pyrrole nitrogens is 1. The minimum absolute atomic E-state index is 0. The third-order valence-corrected chi connectivity index (χ3v) is 6.23. The number of hydrogen-bond acceptors (Lipinski definition) is 0. The van der Waals surface area contributed by atoms with Crippen molar-refractivity contribution in [3.63, 3.8) is 0 Å². The zero-order chi connectivity index (χ0) is 11.0. The predicted molar refractivity (Wildman–Crippen MR) is 63.1 cm³/mol. The largest absolute Gasteiger partial charge is 1.00 e. The second-order valence-corrected chi connectivity index (χ2v) is 7.01. The van der Waals surface area contributed by atoms with E-state index in [2.05, 4.69) is 54.0 Å². The molecular formula is C14H11Cl2NZr. The Morgan fingerprint density at radius 2 is 1.78 bits per heavy atom. The molecule has 0 saturated carbocycles. The summed E-state index contributed by atoms with van der Waals surface area (Å²) in [5, 5.41) is 2.73. The van der Waals surface area contributed by atoms with E-state index in [0.29, 0.717) is 0 Å². The van der Waals surface area contributed by atoms with Gasteiger partial charge in [0.05, 0.1) is 0 Å². The number of nitrogens with one attached hydrogen (secondary N) is 1. The molecule has 3 rings (SSSR count).